The zero-order valence-electron chi connectivity index (χ0n) is 24.0. The van der Waals surface area contributed by atoms with Gasteiger partial charge in [-0.15, -0.1) is 0 Å². The van der Waals surface area contributed by atoms with E-state index in [-0.39, 0.29) is 5.91 Å². The first kappa shape index (κ1) is 30.1. The number of unbranched alkanes of at least 4 members (excludes halogenated alkanes) is 1. The summed E-state index contributed by atoms with van der Waals surface area (Å²) in [6.07, 6.45) is 6.63. The van der Waals surface area contributed by atoms with Crippen molar-refractivity contribution in [3.63, 3.8) is 0 Å². The fourth-order valence-electron chi connectivity index (χ4n) is 3.44. The highest BCUT2D eigenvalue weighted by molar-refractivity contribution is 5.85. The Bertz CT molecular complexity index is 1380. The summed E-state index contributed by atoms with van der Waals surface area (Å²) in [7, 11) is 1.55. The number of aromatic nitrogens is 4. The van der Waals surface area contributed by atoms with Crippen LogP contribution in [-0.4, -0.2) is 68.6 Å². The summed E-state index contributed by atoms with van der Waals surface area (Å²) in [6, 6.07) is 5.04. The van der Waals surface area contributed by atoms with Gasteiger partial charge >= 0.3 is 6.09 Å². The quantitative estimate of drug-likeness (QED) is 0.248. The predicted octanol–water partition coefficient (Wildman–Crippen LogP) is 4.49. The van der Waals surface area contributed by atoms with Crippen LogP contribution in [0.3, 0.4) is 0 Å². The lowest BCUT2D eigenvalue weighted by molar-refractivity contribution is -0.125. The van der Waals surface area contributed by atoms with Crippen LogP contribution in [0.2, 0.25) is 0 Å². The molecule has 0 radical (unpaired) electrons. The summed E-state index contributed by atoms with van der Waals surface area (Å²) in [6.45, 7) is 10.3. The number of nitrogens with zero attached hydrogens (tertiary/aromatic N) is 5. The normalized spacial score (nSPS) is 11.7. The van der Waals surface area contributed by atoms with E-state index in [4.69, 9.17) is 4.74 Å². The molecule has 0 aliphatic rings. The van der Waals surface area contributed by atoms with Crippen molar-refractivity contribution >= 4 is 40.5 Å². The zero-order valence-corrected chi connectivity index (χ0v) is 24.0. The molecule has 0 fully saturated rings. The van der Waals surface area contributed by atoms with Gasteiger partial charge in [-0.05, 0) is 58.7 Å². The summed E-state index contributed by atoms with van der Waals surface area (Å²) in [5, 5.41) is 9.39. The minimum Gasteiger partial charge on any atom is -0.444 e. The van der Waals surface area contributed by atoms with Gasteiger partial charge in [0.05, 0.1) is 22.8 Å². The molecular formula is C29H38N8O3. The first-order valence-corrected chi connectivity index (χ1v) is 13.4. The van der Waals surface area contributed by atoms with Crippen LogP contribution < -0.4 is 16.0 Å². The van der Waals surface area contributed by atoms with E-state index in [2.05, 4.69) is 54.7 Å². The maximum Gasteiger partial charge on any atom is 0.410 e. The Kier molecular flexibility index (Phi) is 10.6. The summed E-state index contributed by atoms with van der Waals surface area (Å²) in [4.78, 5) is 43.6. The van der Waals surface area contributed by atoms with Crippen molar-refractivity contribution < 1.29 is 14.3 Å². The van der Waals surface area contributed by atoms with E-state index in [0.29, 0.717) is 36.7 Å². The van der Waals surface area contributed by atoms with Crippen LogP contribution in [0.1, 0.15) is 59.4 Å². The summed E-state index contributed by atoms with van der Waals surface area (Å²) in [5.41, 5.74) is 2.47. The maximum atomic E-state index is 12.4. The molecule has 40 heavy (non-hydrogen) atoms. The van der Waals surface area contributed by atoms with Gasteiger partial charge < -0.3 is 20.7 Å². The number of hydrogen-bond acceptors (Lipinski definition) is 9. The number of hydrogen-bond donors (Lipinski definition) is 3. The second-order valence-corrected chi connectivity index (χ2v) is 10.2. The minimum absolute atomic E-state index is 0.248. The molecular weight excluding hydrogens is 508 g/mol. The number of ether oxygens (including phenoxy) is 1. The number of carbonyl (C=O) groups excluding carboxylic acids is 2. The average Bonchev–Trinajstić information content (AvgIpc) is 2.92. The lowest BCUT2D eigenvalue weighted by Gasteiger charge is -2.28. The zero-order chi connectivity index (χ0) is 29.1. The van der Waals surface area contributed by atoms with Gasteiger partial charge in [0.15, 0.2) is 0 Å². The van der Waals surface area contributed by atoms with Gasteiger partial charge in [0.1, 0.15) is 17.5 Å². The number of benzene rings is 1. The molecule has 0 bridgehead atoms. The van der Waals surface area contributed by atoms with Crippen LogP contribution >= 0.6 is 0 Å². The third-order valence-corrected chi connectivity index (χ3v) is 5.70. The molecule has 212 valence electrons. The number of nitrogens with one attached hydrogen (secondary N) is 3. The highest BCUT2D eigenvalue weighted by Crippen LogP contribution is 2.20. The number of likely N-dealkylation sites (N-methyl/N-ethyl adjacent to an activating group) is 1. The molecule has 11 nitrogen and oxygen atoms in total. The van der Waals surface area contributed by atoms with Crippen LogP contribution in [0.5, 0.6) is 0 Å². The van der Waals surface area contributed by atoms with Gasteiger partial charge in [0.2, 0.25) is 11.9 Å². The van der Waals surface area contributed by atoms with Crippen LogP contribution in [0, 0.1) is 11.8 Å². The molecule has 2 aromatic heterocycles. The fraction of sp³-hybridized carbons (Fsp3) is 0.448. The second kappa shape index (κ2) is 14.1. The van der Waals surface area contributed by atoms with Crippen molar-refractivity contribution in [2.24, 2.45) is 0 Å². The Balaban J connectivity index is 1.54. The second-order valence-electron chi connectivity index (χ2n) is 10.2. The van der Waals surface area contributed by atoms with Crippen LogP contribution in [0.25, 0.3) is 11.0 Å². The Labute approximate surface area is 235 Å². The van der Waals surface area contributed by atoms with Crippen LogP contribution in [0.4, 0.5) is 22.2 Å². The Hall–Kier alpha value is -4.46. The predicted molar refractivity (Wildman–Crippen MR) is 156 cm³/mol. The highest BCUT2D eigenvalue weighted by Gasteiger charge is 2.26. The Morgan fingerprint density at radius 3 is 2.58 bits per heavy atom. The molecule has 1 atom stereocenters. The minimum atomic E-state index is -0.653. The Morgan fingerprint density at radius 2 is 1.85 bits per heavy atom. The lowest BCUT2D eigenvalue weighted by atomic mass is 10.2. The molecule has 3 rings (SSSR count). The van der Waals surface area contributed by atoms with Crippen molar-refractivity contribution in [1.82, 2.24) is 30.2 Å². The molecule has 0 aliphatic carbocycles. The third-order valence-electron chi connectivity index (χ3n) is 5.70. The standard InChI is InChI=1S/C29H38N8O3/c1-7-14-32-25-21(19-34-27(36-25)35-22-12-13-23-24(18-22)31-17-16-30-23)11-9-8-10-15-33-26(38)20(2)37(6)28(39)40-29(3,4)5/h12-13,16-20H,7-8,10,14-15H2,1-6H3,(H,33,38)(H2,32,34,35,36)/t20-/m0/s1. The molecule has 0 saturated carbocycles. The van der Waals surface area contributed by atoms with E-state index in [9.17, 15) is 9.59 Å². The lowest BCUT2D eigenvalue weighted by Crippen LogP contribution is -2.47. The van der Waals surface area contributed by atoms with E-state index in [0.717, 1.165) is 29.7 Å². The fourth-order valence-corrected chi connectivity index (χ4v) is 3.44. The van der Waals surface area contributed by atoms with Gasteiger partial charge in [-0.25, -0.2) is 9.78 Å². The van der Waals surface area contributed by atoms with Crippen LogP contribution in [0.15, 0.2) is 36.8 Å². The van der Waals surface area contributed by atoms with Gasteiger partial charge in [-0.1, -0.05) is 18.8 Å². The SMILES string of the molecule is CCCNc1nc(Nc2ccc3nccnc3c2)ncc1C#CCCCNC(=O)[C@H](C)N(C)C(=O)OC(C)(C)C. The number of fused-ring (bicyclic) bond motifs is 1. The van der Waals surface area contributed by atoms with Gasteiger partial charge in [-0.2, -0.15) is 4.98 Å². The monoisotopic (exact) mass is 546 g/mol. The molecule has 3 aromatic rings. The molecule has 0 unspecified atom stereocenters. The van der Waals surface area contributed by atoms with Gasteiger partial charge in [-0.3, -0.25) is 19.7 Å². The van der Waals surface area contributed by atoms with Crippen molar-refractivity contribution in [3.05, 3.63) is 42.4 Å². The van der Waals surface area contributed by atoms with Gasteiger partial charge in [0.25, 0.3) is 0 Å². The summed E-state index contributed by atoms with van der Waals surface area (Å²) < 4.78 is 5.32. The molecule has 0 aliphatic heterocycles. The van der Waals surface area contributed by atoms with E-state index < -0.39 is 17.7 Å². The molecule has 0 spiro atoms. The highest BCUT2D eigenvalue weighted by atomic mass is 16.6. The first-order valence-electron chi connectivity index (χ1n) is 13.4. The summed E-state index contributed by atoms with van der Waals surface area (Å²) in [5.74, 6) is 7.12. The topological polar surface area (TPSA) is 134 Å². The Morgan fingerprint density at radius 1 is 1.10 bits per heavy atom. The molecule has 1 aromatic carbocycles. The number of carbonyl (C=O) groups is 2. The number of anilines is 3. The third kappa shape index (κ3) is 9.08. The molecule has 3 N–H and O–H groups in total. The number of rotatable bonds is 10. The van der Waals surface area contributed by atoms with Crippen molar-refractivity contribution in [2.45, 2.75) is 65.5 Å². The van der Waals surface area contributed by atoms with Crippen molar-refractivity contribution in [3.8, 4) is 11.8 Å². The van der Waals surface area contributed by atoms with Gasteiger partial charge in [0, 0.05) is 44.6 Å². The average molecular weight is 547 g/mol. The smallest absolute Gasteiger partial charge is 0.410 e. The molecule has 2 heterocycles. The van der Waals surface area contributed by atoms with E-state index >= 15 is 0 Å². The molecule has 0 saturated heterocycles. The van der Waals surface area contributed by atoms with E-state index in [1.807, 2.05) is 18.2 Å². The summed E-state index contributed by atoms with van der Waals surface area (Å²) >= 11 is 0. The van der Waals surface area contributed by atoms with Crippen molar-refractivity contribution in [2.75, 3.05) is 30.8 Å². The van der Waals surface area contributed by atoms with E-state index in [1.165, 1.54) is 4.90 Å². The first-order chi connectivity index (χ1) is 19.1. The molecule has 2 amide bonds. The maximum absolute atomic E-state index is 12.4. The number of amides is 2. The van der Waals surface area contributed by atoms with Crippen LogP contribution in [-0.2, 0) is 9.53 Å². The largest absolute Gasteiger partial charge is 0.444 e. The van der Waals surface area contributed by atoms with Crippen molar-refractivity contribution in [1.29, 1.82) is 0 Å². The van der Waals surface area contributed by atoms with E-state index in [1.54, 1.807) is 53.3 Å². The molecule has 11 heteroatoms.